The van der Waals surface area contributed by atoms with E-state index in [2.05, 4.69) is 10.5 Å². The Morgan fingerprint density at radius 2 is 1.86 bits per heavy atom. The zero-order valence-electron chi connectivity index (χ0n) is 14.8. The maximum Gasteiger partial charge on any atom is 0.269 e. The first-order valence-electron chi connectivity index (χ1n) is 8.40. The van der Waals surface area contributed by atoms with E-state index in [1.807, 2.05) is 30.3 Å². The zero-order chi connectivity index (χ0) is 19.8. The molecule has 1 amide bonds. The third-order valence-electron chi connectivity index (χ3n) is 3.72. The smallest absolute Gasteiger partial charge is 0.269 e. The largest absolute Gasteiger partial charge is 0.455 e. The monoisotopic (exact) mass is 395 g/mol. The molecule has 1 aromatic heterocycles. The summed E-state index contributed by atoms with van der Waals surface area (Å²) in [6, 6.07) is 19.4. The fraction of sp³-hybridized carbons (Fsp3) is 0.100. The number of nitro groups is 1. The van der Waals surface area contributed by atoms with Gasteiger partial charge in [0.25, 0.3) is 5.69 Å². The highest BCUT2D eigenvalue weighted by Gasteiger charge is 2.08. The van der Waals surface area contributed by atoms with Gasteiger partial charge in [0.1, 0.15) is 11.5 Å². The predicted molar refractivity (Wildman–Crippen MR) is 109 cm³/mol. The Morgan fingerprint density at radius 3 is 2.57 bits per heavy atom. The summed E-state index contributed by atoms with van der Waals surface area (Å²) in [5.41, 5.74) is 4.36. The van der Waals surface area contributed by atoms with Gasteiger partial charge in [0, 0.05) is 23.4 Å². The third kappa shape index (κ3) is 5.55. The molecule has 3 rings (SSSR count). The molecule has 28 heavy (non-hydrogen) atoms. The topological polar surface area (TPSA) is 97.7 Å². The van der Waals surface area contributed by atoms with Crippen LogP contribution in [-0.2, 0) is 10.5 Å². The molecule has 0 aliphatic rings. The van der Waals surface area contributed by atoms with Crippen molar-refractivity contribution in [2.75, 3.05) is 5.75 Å². The van der Waals surface area contributed by atoms with Gasteiger partial charge in [0.05, 0.1) is 16.9 Å². The van der Waals surface area contributed by atoms with Crippen LogP contribution in [0.2, 0.25) is 0 Å². The summed E-state index contributed by atoms with van der Waals surface area (Å²) in [5.74, 6) is 1.89. The van der Waals surface area contributed by atoms with Crippen LogP contribution in [0, 0.1) is 10.1 Å². The van der Waals surface area contributed by atoms with Gasteiger partial charge in [-0.3, -0.25) is 14.9 Å². The van der Waals surface area contributed by atoms with E-state index in [0.717, 1.165) is 11.3 Å². The number of nitrogens with zero attached hydrogens (tertiary/aromatic N) is 2. The van der Waals surface area contributed by atoms with Gasteiger partial charge in [-0.25, -0.2) is 5.43 Å². The average Bonchev–Trinajstić information content (AvgIpc) is 3.18. The second-order valence-electron chi connectivity index (χ2n) is 5.78. The van der Waals surface area contributed by atoms with E-state index in [4.69, 9.17) is 4.42 Å². The lowest BCUT2D eigenvalue weighted by atomic mass is 10.1. The molecule has 0 aliphatic carbocycles. The normalized spacial score (nSPS) is 10.9. The van der Waals surface area contributed by atoms with Crippen LogP contribution in [0.1, 0.15) is 11.3 Å². The Labute approximate surface area is 165 Å². The number of amides is 1. The number of rotatable bonds is 8. The summed E-state index contributed by atoms with van der Waals surface area (Å²) in [6.45, 7) is 0. The van der Waals surface area contributed by atoms with Gasteiger partial charge in [-0.1, -0.05) is 30.3 Å². The molecular formula is C20H17N3O4S. The van der Waals surface area contributed by atoms with Gasteiger partial charge in [0.2, 0.25) is 5.91 Å². The summed E-state index contributed by atoms with van der Waals surface area (Å²) in [4.78, 5) is 22.0. The number of benzene rings is 2. The van der Waals surface area contributed by atoms with E-state index >= 15 is 0 Å². The molecule has 7 nitrogen and oxygen atoms in total. The van der Waals surface area contributed by atoms with Crippen molar-refractivity contribution in [3.05, 3.63) is 88.2 Å². The number of nitrogens with one attached hydrogen (secondary N) is 1. The summed E-state index contributed by atoms with van der Waals surface area (Å²) < 4.78 is 5.62. The molecule has 0 radical (unpaired) electrons. The number of non-ortho nitro benzene ring substituents is 1. The Bertz CT molecular complexity index is 969. The number of hydrogen-bond donors (Lipinski definition) is 1. The van der Waals surface area contributed by atoms with Gasteiger partial charge in [-0.2, -0.15) is 5.10 Å². The number of furan rings is 1. The minimum Gasteiger partial charge on any atom is -0.455 e. The molecule has 1 N–H and O–H groups in total. The van der Waals surface area contributed by atoms with E-state index in [1.54, 1.807) is 24.3 Å². The molecule has 3 aromatic rings. The maximum atomic E-state index is 11.8. The van der Waals surface area contributed by atoms with Crippen LogP contribution in [0.15, 0.2) is 76.2 Å². The molecule has 0 saturated carbocycles. The van der Waals surface area contributed by atoms with E-state index in [9.17, 15) is 14.9 Å². The number of hydrogen-bond acceptors (Lipinski definition) is 6. The van der Waals surface area contributed by atoms with E-state index in [1.165, 1.54) is 30.1 Å². The second kappa shape index (κ2) is 9.52. The van der Waals surface area contributed by atoms with Crippen molar-refractivity contribution in [2.24, 2.45) is 5.10 Å². The van der Waals surface area contributed by atoms with Crippen LogP contribution in [-0.4, -0.2) is 22.8 Å². The number of carbonyl (C=O) groups excluding carboxylic acids is 1. The first-order valence-corrected chi connectivity index (χ1v) is 9.55. The SMILES string of the molecule is O=C(CSCc1ccccc1)N/N=C/c1ccc(-c2ccc([N+](=O)[O-])cc2)o1. The van der Waals surface area contributed by atoms with Gasteiger partial charge >= 0.3 is 0 Å². The van der Waals surface area contributed by atoms with Crippen LogP contribution in [0.25, 0.3) is 11.3 Å². The molecule has 0 fully saturated rings. The van der Waals surface area contributed by atoms with Crippen LogP contribution in [0.5, 0.6) is 0 Å². The summed E-state index contributed by atoms with van der Waals surface area (Å²) >= 11 is 1.51. The van der Waals surface area contributed by atoms with E-state index < -0.39 is 4.92 Å². The molecule has 2 aromatic carbocycles. The molecule has 0 aliphatic heterocycles. The molecule has 0 saturated heterocycles. The van der Waals surface area contributed by atoms with Crippen molar-refractivity contribution in [3.63, 3.8) is 0 Å². The number of carbonyl (C=O) groups is 1. The van der Waals surface area contributed by atoms with Crippen LogP contribution in [0.4, 0.5) is 5.69 Å². The van der Waals surface area contributed by atoms with E-state index in [-0.39, 0.29) is 11.6 Å². The Hall–Kier alpha value is -3.39. The molecule has 142 valence electrons. The van der Waals surface area contributed by atoms with Crippen LogP contribution >= 0.6 is 11.8 Å². The number of nitro benzene ring substituents is 1. The highest BCUT2D eigenvalue weighted by atomic mass is 32.2. The van der Waals surface area contributed by atoms with Gasteiger partial charge < -0.3 is 4.42 Å². The summed E-state index contributed by atoms with van der Waals surface area (Å²) in [5, 5.41) is 14.6. The lowest BCUT2D eigenvalue weighted by molar-refractivity contribution is -0.384. The van der Waals surface area contributed by atoms with Crippen molar-refractivity contribution in [1.29, 1.82) is 0 Å². The van der Waals surface area contributed by atoms with Crippen molar-refractivity contribution in [3.8, 4) is 11.3 Å². The Kier molecular flexibility index (Phi) is 6.59. The van der Waals surface area contributed by atoms with Crippen molar-refractivity contribution in [2.45, 2.75) is 5.75 Å². The molecule has 0 unspecified atom stereocenters. The average molecular weight is 395 g/mol. The first-order chi connectivity index (χ1) is 13.6. The molecule has 0 bridgehead atoms. The molecule has 1 heterocycles. The van der Waals surface area contributed by atoms with Crippen LogP contribution < -0.4 is 5.43 Å². The zero-order valence-corrected chi connectivity index (χ0v) is 15.6. The number of thioether (sulfide) groups is 1. The summed E-state index contributed by atoms with van der Waals surface area (Å²) in [6.07, 6.45) is 1.41. The minimum atomic E-state index is -0.454. The lowest BCUT2D eigenvalue weighted by Gasteiger charge is -2.01. The van der Waals surface area contributed by atoms with Crippen molar-refractivity contribution < 1.29 is 14.1 Å². The first kappa shape index (κ1) is 19.4. The van der Waals surface area contributed by atoms with Crippen LogP contribution in [0.3, 0.4) is 0 Å². The summed E-state index contributed by atoms with van der Waals surface area (Å²) in [7, 11) is 0. The second-order valence-corrected chi connectivity index (χ2v) is 6.76. The molecule has 0 atom stereocenters. The Morgan fingerprint density at radius 1 is 1.11 bits per heavy atom. The van der Waals surface area contributed by atoms with Crippen molar-refractivity contribution in [1.82, 2.24) is 5.43 Å². The predicted octanol–water partition coefficient (Wildman–Crippen LogP) is 4.24. The molecular weight excluding hydrogens is 378 g/mol. The fourth-order valence-electron chi connectivity index (χ4n) is 2.36. The highest BCUT2D eigenvalue weighted by molar-refractivity contribution is 7.99. The Balaban J connectivity index is 1.47. The molecule has 0 spiro atoms. The minimum absolute atomic E-state index is 0.0185. The lowest BCUT2D eigenvalue weighted by Crippen LogP contribution is -2.19. The number of hydrazone groups is 1. The van der Waals surface area contributed by atoms with Gasteiger partial charge in [0.15, 0.2) is 0 Å². The fourth-order valence-corrected chi connectivity index (χ4v) is 3.14. The molecule has 8 heteroatoms. The quantitative estimate of drug-likeness (QED) is 0.349. The van der Waals surface area contributed by atoms with Gasteiger partial charge in [-0.05, 0) is 29.8 Å². The van der Waals surface area contributed by atoms with Crippen molar-refractivity contribution >= 4 is 29.6 Å². The van der Waals surface area contributed by atoms with E-state index in [0.29, 0.717) is 22.8 Å². The van der Waals surface area contributed by atoms with Gasteiger partial charge in [-0.15, -0.1) is 11.8 Å². The third-order valence-corrected chi connectivity index (χ3v) is 4.72. The standard InChI is InChI=1S/C20H17N3O4S/c24-20(14-28-13-15-4-2-1-3-5-15)22-21-12-18-10-11-19(27-18)16-6-8-17(9-7-16)23(25)26/h1-12H,13-14H2,(H,22,24)/b21-12+. The highest BCUT2D eigenvalue weighted by Crippen LogP contribution is 2.24. The maximum absolute atomic E-state index is 11.8.